The summed E-state index contributed by atoms with van der Waals surface area (Å²) in [5, 5.41) is 14.3. The molecule has 1 aromatic carbocycles. The number of benzene rings is 1. The minimum absolute atomic E-state index is 0. The van der Waals surface area contributed by atoms with Crippen molar-refractivity contribution in [1.29, 1.82) is 5.26 Å². The Morgan fingerprint density at radius 1 is 1.43 bits per heavy atom. The van der Waals surface area contributed by atoms with Gasteiger partial charge in [-0.1, -0.05) is 11.6 Å². The van der Waals surface area contributed by atoms with Crippen LogP contribution in [-0.4, -0.2) is 5.11 Å². The fourth-order valence-corrected chi connectivity index (χ4v) is 1.04. The van der Waals surface area contributed by atoms with Crippen LogP contribution in [0.1, 0.15) is 1.43 Å². The summed E-state index contributed by atoms with van der Waals surface area (Å²) in [6.45, 7) is 0. The summed E-state index contributed by atoms with van der Waals surface area (Å²) in [5.74, 6) is 0. The number of thiocarbonyl (C=S) groups is 1. The molecule has 0 aliphatic heterocycles. The Labute approximate surface area is 116 Å². The molecule has 68 valence electrons. The molecule has 0 amide bonds. The minimum atomic E-state index is 0. The molecule has 0 heterocycles. The first kappa shape index (κ1) is 13.7. The number of nitriles is 1. The van der Waals surface area contributed by atoms with E-state index in [4.69, 9.17) is 29.1 Å². The van der Waals surface area contributed by atoms with Gasteiger partial charge in [0.25, 0.3) is 0 Å². The van der Waals surface area contributed by atoms with Gasteiger partial charge in [-0.15, -0.1) is 0 Å². The smallest absolute Gasteiger partial charge is 1.00 e. The molecule has 0 aromatic heterocycles. The Hall–Kier alpha value is -0.310. The second kappa shape index (κ2) is 7.04. The summed E-state index contributed by atoms with van der Waals surface area (Å²) in [4.78, 5) is 0. The maximum atomic E-state index is 8.25. The largest absolute Gasteiger partial charge is 1.00 e. The first-order valence-corrected chi connectivity index (χ1v) is 4.22. The average Bonchev–Trinajstić information content (AvgIpc) is 2.09. The number of nitrogens with one attached hydrogen (secondary N) is 2. The van der Waals surface area contributed by atoms with Crippen LogP contribution in [0.15, 0.2) is 24.3 Å². The van der Waals surface area contributed by atoms with E-state index in [9.17, 15) is 0 Å². The van der Waals surface area contributed by atoms with E-state index < -0.39 is 0 Å². The Kier molecular flexibility index (Phi) is 6.89. The Morgan fingerprint density at radius 2 is 2.00 bits per heavy atom. The molecule has 0 aliphatic rings. The molecule has 6 heteroatoms. The van der Waals surface area contributed by atoms with E-state index in [1.807, 2.05) is 0 Å². The summed E-state index contributed by atoms with van der Waals surface area (Å²) in [7, 11) is 0. The quantitative estimate of drug-likeness (QED) is 0.290. The van der Waals surface area contributed by atoms with Gasteiger partial charge in [-0.05, 0) is 36.5 Å². The number of halogens is 1. The van der Waals surface area contributed by atoms with Gasteiger partial charge in [-0.2, -0.15) is 5.26 Å². The van der Waals surface area contributed by atoms with Gasteiger partial charge in [-0.25, -0.2) is 0 Å². The van der Waals surface area contributed by atoms with Crippen molar-refractivity contribution in [1.82, 2.24) is 5.32 Å². The number of anilines is 1. The molecule has 0 radical (unpaired) electrons. The number of rotatable bonds is 1. The standard InChI is InChI=1S/C8H6ClN3S.Na.H/c9-6-1-3-7(4-2-6)12-8(13)11-5-10;;/h1-4H,(H2,11,12,13);;/q;+1;-1. The van der Waals surface area contributed by atoms with Crippen LogP contribution in [0.2, 0.25) is 5.02 Å². The first-order chi connectivity index (χ1) is 6.22. The van der Waals surface area contributed by atoms with E-state index in [0.29, 0.717) is 5.02 Å². The van der Waals surface area contributed by atoms with Crippen molar-refractivity contribution in [2.75, 3.05) is 5.32 Å². The summed E-state index contributed by atoms with van der Waals surface area (Å²) in [5.41, 5.74) is 0.789. The Bertz CT molecular complexity index is 352. The van der Waals surface area contributed by atoms with E-state index in [2.05, 4.69) is 10.6 Å². The monoisotopic (exact) mass is 235 g/mol. The van der Waals surface area contributed by atoms with Crippen molar-refractivity contribution in [3.63, 3.8) is 0 Å². The molecule has 0 bridgehead atoms. The van der Waals surface area contributed by atoms with Crippen LogP contribution >= 0.6 is 23.8 Å². The summed E-state index contributed by atoms with van der Waals surface area (Å²) >= 11 is 10.5. The van der Waals surface area contributed by atoms with Crippen LogP contribution in [0.3, 0.4) is 0 Å². The second-order valence-electron chi connectivity index (χ2n) is 2.20. The topological polar surface area (TPSA) is 47.9 Å². The summed E-state index contributed by atoms with van der Waals surface area (Å²) in [6, 6.07) is 7.01. The van der Waals surface area contributed by atoms with Crippen LogP contribution in [0.4, 0.5) is 5.69 Å². The molecule has 1 rings (SSSR count). The zero-order valence-electron chi connectivity index (χ0n) is 8.54. The van der Waals surface area contributed by atoms with E-state index in [1.54, 1.807) is 30.5 Å². The molecule has 14 heavy (non-hydrogen) atoms. The van der Waals surface area contributed by atoms with Gasteiger partial charge in [-0.3, -0.25) is 5.32 Å². The average molecular weight is 236 g/mol. The summed E-state index contributed by atoms with van der Waals surface area (Å²) in [6.07, 6.45) is 1.72. The maximum Gasteiger partial charge on any atom is 1.00 e. The van der Waals surface area contributed by atoms with E-state index >= 15 is 0 Å². The third-order valence-corrected chi connectivity index (χ3v) is 1.73. The molecule has 0 unspecified atom stereocenters. The van der Waals surface area contributed by atoms with Gasteiger partial charge in [0.1, 0.15) is 0 Å². The molecular formula is C8H7ClN3NaS. The number of hydrogen-bond donors (Lipinski definition) is 2. The minimum Gasteiger partial charge on any atom is -1.00 e. The van der Waals surface area contributed by atoms with Gasteiger partial charge in [0.15, 0.2) is 11.3 Å². The van der Waals surface area contributed by atoms with E-state index in [0.717, 1.165) is 5.69 Å². The SMILES string of the molecule is N#CNC(=S)Nc1ccc(Cl)cc1.[H-].[Na+]. The Morgan fingerprint density at radius 3 is 2.50 bits per heavy atom. The molecule has 0 saturated heterocycles. The van der Waals surface area contributed by atoms with Gasteiger partial charge < -0.3 is 6.74 Å². The van der Waals surface area contributed by atoms with Crippen molar-refractivity contribution in [2.24, 2.45) is 0 Å². The Balaban J connectivity index is 0. The molecule has 0 atom stereocenters. The van der Waals surface area contributed by atoms with E-state index in [1.165, 1.54) is 0 Å². The van der Waals surface area contributed by atoms with Gasteiger partial charge in [0.2, 0.25) is 0 Å². The number of hydrogen-bond acceptors (Lipinski definition) is 2. The van der Waals surface area contributed by atoms with Crippen molar-refractivity contribution in [3.8, 4) is 6.19 Å². The molecule has 3 nitrogen and oxygen atoms in total. The van der Waals surface area contributed by atoms with Gasteiger partial charge in [0.05, 0.1) is 0 Å². The van der Waals surface area contributed by atoms with E-state index in [-0.39, 0.29) is 36.1 Å². The van der Waals surface area contributed by atoms with Crippen LogP contribution in [-0.2, 0) is 0 Å². The van der Waals surface area contributed by atoms with Gasteiger partial charge >= 0.3 is 29.6 Å². The van der Waals surface area contributed by atoms with Gasteiger partial charge in [0, 0.05) is 10.7 Å². The summed E-state index contributed by atoms with van der Waals surface area (Å²) < 4.78 is 0. The third kappa shape index (κ3) is 4.80. The zero-order valence-corrected chi connectivity index (χ0v) is 11.1. The molecule has 0 spiro atoms. The third-order valence-electron chi connectivity index (χ3n) is 1.27. The second-order valence-corrected chi connectivity index (χ2v) is 3.04. The van der Waals surface area contributed by atoms with Crippen molar-refractivity contribution < 1.29 is 31.0 Å². The van der Waals surface area contributed by atoms with Crippen LogP contribution in [0, 0.1) is 11.5 Å². The fraction of sp³-hybridized carbons (Fsp3) is 0. The molecule has 2 N–H and O–H groups in total. The molecule has 0 saturated carbocycles. The zero-order chi connectivity index (χ0) is 9.68. The van der Waals surface area contributed by atoms with Crippen molar-refractivity contribution in [2.45, 2.75) is 0 Å². The first-order valence-electron chi connectivity index (χ1n) is 3.44. The number of nitrogens with zero attached hydrogens (tertiary/aromatic N) is 1. The predicted molar refractivity (Wildman–Crippen MR) is 57.5 cm³/mol. The van der Waals surface area contributed by atoms with Crippen LogP contribution in [0.5, 0.6) is 0 Å². The van der Waals surface area contributed by atoms with Crippen LogP contribution in [0.25, 0.3) is 0 Å². The fourth-order valence-electron chi connectivity index (χ4n) is 0.746. The normalized spacial score (nSPS) is 8.00. The predicted octanol–water partition coefficient (Wildman–Crippen LogP) is -0.776. The van der Waals surface area contributed by atoms with Crippen molar-refractivity contribution in [3.05, 3.63) is 29.3 Å². The molecule has 1 aromatic rings. The van der Waals surface area contributed by atoms with Crippen molar-refractivity contribution >= 4 is 34.6 Å². The molecule has 0 aliphatic carbocycles. The maximum absolute atomic E-state index is 8.25. The van der Waals surface area contributed by atoms with Crippen LogP contribution < -0.4 is 40.2 Å². The molecule has 0 fully saturated rings. The molecular weight excluding hydrogens is 229 g/mol.